The molecule has 2 fully saturated rings. The zero-order valence-electron chi connectivity index (χ0n) is 17.5. The standard InChI is InChI=1S/C23H29N3O2S2/c1-16-7-9-25(10-8-16)14-20-24-22-21(18(15-30-22)19-6-4-12-29-19)23(27)26(20)13-17-5-2-3-11-28-17/h4,6,12,15-17H,2-3,5,7-11,13-14H2,1H3/t17-/m1/s1. The molecule has 2 aliphatic rings. The molecule has 3 aromatic heterocycles. The normalized spacial score (nSPS) is 21.4. The molecule has 0 saturated carbocycles. The van der Waals surface area contributed by atoms with Crippen LogP contribution in [0.15, 0.2) is 27.7 Å². The average molecular weight is 444 g/mol. The number of piperidine rings is 1. The van der Waals surface area contributed by atoms with Crippen molar-refractivity contribution in [3.05, 3.63) is 39.1 Å². The van der Waals surface area contributed by atoms with E-state index >= 15 is 0 Å². The molecular weight excluding hydrogens is 414 g/mol. The Morgan fingerprint density at radius 3 is 2.80 bits per heavy atom. The summed E-state index contributed by atoms with van der Waals surface area (Å²) >= 11 is 3.27. The molecule has 0 spiro atoms. The van der Waals surface area contributed by atoms with Crippen LogP contribution in [0.4, 0.5) is 0 Å². The van der Waals surface area contributed by atoms with Crippen molar-refractivity contribution < 1.29 is 4.74 Å². The summed E-state index contributed by atoms with van der Waals surface area (Å²) in [6.45, 7) is 6.65. The van der Waals surface area contributed by atoms with Gasteiger partial charge in [0, 0.05) is 22.4 Å². The van der Waals surface area contributed by atoms with Crippen LogP contribution in [0.3, 0.4) is 0 Å². The number of fused-ring (bicyclic) bond motifs is 1. The maximum absolute atomic E-state index is 13.8. The summed E-state index contributed by atoms with van der Waals surface area (Å²) in [5.74, 6) is 1.69. The van der Waals surface area contributed by atoms with E-state index < -0.39 is 0 Å². The highest BCUT2D eigenvalue weighted by atomic mass is 32.1. The Labute approximate surface area is 185 Å². The third kappa shape index (κ3) is 4.13. The van der Waals surface area contributed by atoms with Crippen molar-refractivity contribution in [1.82, 2.24) is 14.5 Å². The minimum absolute atomic E-state index is 0.0965. The predicted octanol–water partition coefficient (Wildman–Crippen LogP) is 4.99. The van der Waals surface area contributed by atoms with Crippen molar-refractivity contribution >= 4 is 32.9 Å². The molecule has 0 amide bonds. The molecule has 5 rings (SSSR count). The zero-order chi connectivity index (χ0) is 20.5. The molecule has 0 aromatic carbocycles. The summed E-state index contributed by atoms with van der Waals surface area (Å²) in [4.78, 5) is 23.2. The molecule has 0 unspecified atom stereocenters. The summed E-state index contributed by atoms with van der Waals surface area (Å²) in [5.41, 5.74) is 1.12. The van der Waals surface area contributed by atoms with Crippen molar-refractivity contribution in [1.29, 1.82) is 0 Å². The second-order valence-electron chi connectivity index (χ2n) is 8.70. The molecule has 0 N–H and O–H groups in total. The summed E-state index contributed by atoms with van der Waals surface area (Å²) in [6, 6.07) is 4.13. The largest absolute Gasteiger partial charge is 0.376 e. The SMILES string of the molecule is CC1CCN(Cc2nc3scc(-c4cccs4)c3c(=O)n2C[C@H]2CCCCO2)CC1. The summed E-state index contributed by atoms with van der Waals surface area (Å²) in [7, 11) is 0. The first-order valence-electron chi connectivity index (χ1n) is 11.1. The number of hydrogen-bond acceptors (Lipinski definition) is 6. The average Bonchev–Trinajstić information content (AvgIpc) is 3.43. The van der Waals surface area contributed by atoms with Crippen LogP contribution in [-0.2, 0) is 17.8 Å². The minimum Gasteiger partial charge on any atom is -0.376 e. The fraction of sp³-hybridized carbons (Fsp3) is 0.565. The van der Waals surface area contributed by atoms with Gasteiger partial charge in [0.25, 0.3) is 5.56 Å². The van der Waals surface area contributed by atoms with Gasteiger partial charge in [-0.25, -0.2) is 4.98 Å². The molecule has 30 heavy (non-hydrogen) atoms. The Hall–Kier alpha value is -1.54. The lowest BCUT2D eigenvalue weighted by atomic mass is 9.99. The van der Waals surface area contributed by atoms with Crippen LogP contribution >= 0.6 is 22.7 Å². The lowest BCUT2D eigenvalue weighted by Gasteiger charge is -2.31. The van der Waals surface area contributed by atoms with Gasteiger partial charge in [0.05, 0.1) is 24.6 Å². The maximum atomic E-state index is 13.8. The highest BCUT2D eigenvalue weighted by Crippen LogP contribution is 2.34. The van der Waals surface area contributed by atoms with Crippen LogP contribution in [0, 0.1) is 5.92 Å². The molecule has 160 valence electrons. The molecule has 3 aromatic rings. The molecule has 5 heterocycles. The van der Waals surface area contributed by atoms with Gasteiger partial charge in [-0.2, -0.15) is 0 Å². The summed E-state index contributed by atoms with van der Waals surface area (Å²) in [6.07, 6.45) is 5.87. The van der Waals surface area contributed by atoms with Crippen LogP contribution in [0.5, 0.6) is 0 Å². The fourth-order valence-electron chi connectivity index (χ4n) is 4.56. The third-order valence-electron chi connectivity index (χ3n) is 6.46. The lowest BCUT2D eigenvalue weighted by molar-refractivity contribution is 0.00441. The Balaban J connectivity index is 1.55. The highest BCUT2D eigenvalue weighted by molar-refractivity contribution is 7.18. The van der Waals surface area contributed by atoms with Gasteiger partial charge in [-0.15, -0.1) is 22.7 Å². The van der Waals surface area contributed by atoms with E-state index in [1.807, 2.05) is 10.6 Å². The van der Waals surface area contributed by atoms with E-state index in [2.05, 4.69) is 28.7 Å². The Morgan fingerprint density at radius 1 is 1.20 bits per heavy atom. The van der Waals surface area contributed by atoms with E-state index in [9.17, 15) is 4.79 Å². The predicted molar refractivity (Wildman–Crippen MR) is 124 cm³/mol. The van der Waals surface area contributed by atoms with Crippen molar-refractivity contribution in [3.63, 3.8) is 0 Å². The Bertz CT molecular complexity index is 1040. The topological polar surface area (TPSA) is 47.4 Å². The van der Waals surface area contributed by atoms with Crippen LogP contribution in [0.25, 0.3) is 20.7 Å². The quantitative estimate of drug-likeness (QED) is 0.557. The van der Waals surface area contributed by atoms with Gasteiger partial charge in [-0.05, 0) is 62.6 Å². The Morgan fingerprint density at radius 2 is 2.07 bits per heavy atom. The molecule has 0 bridgehead atoms. The van der Waals surface area contributed by atoms with Gasteiger partial charge in [0.1, 0.15) is 10.7 Å². The van der Waals surface area contributed by atoms with E-state index in [1.54, 1.807) is 22.7 Å². The van der Waals surface area contributed by atoms with Crippen molar-refractivity contribution in [2.24, 2.45) is 5.92 Å². The van der Waals surface area contributed by atoms with Gasteiger partial charge >= 0.3 is 0 Å². The first-order chi connectivity index (χ1) is 14.7. The van der Waals surface area contributed by atoms with Gasteiger partial charge in [-0.1, -0.05) is 13.0 Å². The summed E-state index contributed by atoms with van der Waals surface area (Å²) < 4.78 is 7.93. The van der Waals surface area contributed by atoms with Crippen molar-refractivity contribution in [2.75, 3.05) is 19.7 Å². The van der Waals surface area contributed by atoms with E-state index in [0.717, 1.165) is 71.5 Å². The number of aromatic nitrogens is 2. The molecule has 5 nitrogen and oxygen atoms in total. The van der Waals surface area contributed by atoms with Gasteiger partial charge < -0.3 is 4.74 Å². The number of ether oxygens (including phenoxy) is 1. The lowest BCUT2D eigenvalue weighted by Crippen LogP contribution is -2.38. The number of likely N-dealkylation sites (tertiary alicyclic amines) is 1. The first-order valence-corrected chi connectivity index (χ1v) is 12.8. The summed E-state index contributed by atoms with van der Waals surface area (Å²) in [5, 5.41) is 4.93. The number of rotatable bonds is 5. The van der Waals surface area contributed by atoms with Gasteiger partial charge in [0.2, 0.25) is 0 Å². The number of hydrogen-bond donors (Lipinski definition) is 0. The molecule has 0 aliphatic carbocycles. The van der Waals surface area contributed by atoms with Crippen molar-refractivity contribution in [3.8, 4) is 10.4 Å². The van der Waals surface area contributed by atoms with E-state index in [1.165, 1.54) is 19.3 Å². The molecule has 1 atom stereocenters. The first kappa shape index (κ1) is 20.4. The second-order valence-corrected chi connectivity index (χ2v) is 10.5. The van der Waals surface area contributed by atoms with Crippen LogP contribution in [0.1, 0.15) is 44.9 Å². The molecule has 2 aliphatic heterocycles. The van der Waals surface area contributed by atoms with Crippen LogP contribution < -0.4 is 5.56 Å². The van der Waals surface area contributed by atoms with E-state index in [-0.39, 0.29) is 11.7 Å². The Kier molecular flexibility index (Phi) is 6.05. The zero-order valence-corrected chi connectivity index (χ0v) is 19.1. The van der Waals surface area contributed by atoms with Gasteiger partial charge in [-0.3, -0.25) is 14.3 Å². The second kappa shape index (κ2) is 8.91. The van der Waals surface area contributed by atoms with E-state index in [4.69, 9.17) is 9.72 Å². The third-order valence-corrected chi connectivity index (χ3v) is 8.24. The smallest absolute Gasteiger partial charge is 0.263 e. The number of thiophene rings is 2. The van der Waals surface area contributed by atoms with Gasteiger partial charge in [0.15, 0.2) is 0 Å². The molecular formula is C23H29N3O2S2. The minimum atomic E-state index is 0.0965. The van der Waals surface area contributed by atoms with Crippen LogP contribution in [0.2, 0.25) is 0 Å². The van der Waals surface area contributed by atoms with Crippen molar-refractivity contribution in [2.45, 2.75) is 58.2 Å². The molecule has 2 saturated heterocycles. The highest BCUT2D eigenvalue weighted by Gasteiger charge is 2.24. The number of nitrogens with zero attached hydrogens (tertiary/aromatic N) is 3. The molecule has 7 heteroatoms. The van der Waals surface area contributed by atoms with Crippen LogP contribution in [-0.4, -0.2) is 40.3 Å². The monoisotopic (exact) mass is 443 g/mol. The molecule has 0 radical (unpaired) electrons. The maximum Gasteiger partial charge on any atom is 0.263 e. The fourth-order valence-corrected chi connectivity index (χ4v) is 6.33. The van der Waals surface area contributed by atoms with E-state index in [0.29, 0.717) is 6.54 Å².